The molecule has 1 N–H and O–H groups in total. The van der Waals surface area contributed by atoms with Crippen molar-refractivity contribution in [1.29, 1.82) is 0 Å². The Labute approximate surface area is 166 Å². The largest absolute Gasteiger partial charge is 0.490 e. The van der Waals surface area contributed by atoms with Crippen LogP contribution in [-0.4, -0.2) is 21.2 Å². The highest BCUT2D eigenvalue weighted by Crippen LogP contribution is 2.24. The average molecular weight is 388 g/mol. The van der Waals surface area contributed by atoms with E-state index in [1.807, 2.05) is 47.0 Å². The van der Waals surface area contributed by atoms with Crippen LogP contribution in [-0.2, 0) is 13.6 Å². The van der Waals surface area contributed by atoms with Gasteiger partial charge in [0.25, 0.3) is 5.56 Å². The fraction of sp³-hybridized carbons (Fsp3) is 0.136. The van der Waals surface area contributed by atoms with Crippen LogP contribution in [0.1, 0.15) is 5.56 Å². The van der Waals surface area contributed by atoms with Crippen LogP contribution in [0, 0.1) is 0 Å². The molecule has 0 spiro atoms. The topological polar surface area (TPSA) is 78.2 Å². The Morgan fingerprint density at radius 3 is 2.55 bits per heavy atom. The van der Waals surface area contributed by atoms with Gasteiger partial charge in [0.05, 0.1) is 19.9 Å². The quantitative estimate of drug-likeness (QED) is 0.569. The SMILES string of the molecule is COc1cn(Cc2ccccc2)c(Nc2cccc3c(=O)n(C)ccc23)nc1=O. The third-order valence-corrected chi connectivity index (χ3v) is 4.75. The lowest BCUT2D eigenvalue weighted by atomic mass is 10.1. The molecule has 4 rings (SSSR count). The van der Waals surface area contributed by atoms with Gasteiger partial charge in [0, 0.05) is 29.7 Å². The van der Waals surface area contributed by atoms with Crippen LogP contribution in [0.3, 0.4) is 0 Å². The summed E-state index contributed by atoms with van der Waals surface area (Å²) in [4.78, 5) is 28.9. The van der Waals surface area contributed by atoms with Crippen molar-refractivity contribution in [2.45, 2.75) is 6.54 Å². The maximum Gasteiger partial charge on any atom is 0.316 e. The molecule has 0 amide bonds. The second-order valence-electron chi connectivity index (χ2n) is 6.68. The third kappa shape index (κ3) is 3.62. The summed E-state index contributed by atoms with van der Waals surface area (Å²) in [5.74, 6) is 0.533. The van der Waals surface area contributed by atoms with Gasteiger partial charge in [0.1, 0.15) is 0 Å². The molecule has 0 saturated heterocycles. The number of pyridine rings is 1. The van der Waals surface area contributed by atoms with E-state index in [0.29, 0.717) is 23.6 Å². The van der Waals surface area contributed by atoms with Crippen molar-refractivity contribution in [3.63, 3.8) is 0 Å². The van der Waals surface area contributed by atoms with Crippen LogP contribution >= 0.6 is 0 Å². The highest BCUT2D eigenvalue weighted by molar-refractivity contribution is 5.94. The normalized spacial score (nSPS) is 10.8. The summed E-state index contributed by atoms with van der Waals surface area (Å²) in [6, 6.07) is 17.1. The van der Waals surface area contributed by atoms with E-state index in [1.54, 1.807) is 31.6 Å². The number of ether oxygens (including phenoxy) is 1. The molecule has 0 atom stereocenters. The lowest BCUT2D eigenvalue weighted by molar-refractivity contribution is 0.402. The lowest BCUT2D eigenvalue weighted by Crippen LogP contribution is -2.19. The molecule has 7 heteroatoms. The monoisotopic (exact) mass is 388 g/mol. The Morgan fingerprint density at radius 1 is 1.00 bits per heavy atom. The van der Waals surface area contributed by atoms with Gasteiger partial charge in [-0.05, 0) is 23.8 Å². The summed E-state index contributed by atoms with van der Waals surface area (Å²) < 4.78 is 8.51. The molecule has 2 aromatic carbocycles. The summed E-state index contributed by atoms with van der Waals surface area (Å²) in [7, 11) is 3.16. The minimum absolute atomic E-state index is 0.0875. The van der Waals surface area contributed by atoms with Crippen LogP contribution in [0.25, 0.3) is 10.8 Å². The van der Waals surface area contributed by atoms with Gasteiger partial charge in [-0.15, -0.1) is 0 Å². The Morgan fingerprint density at radius 2 is 1.79 bits per heavy atom. The minimum atomic E-state index is -0.463. The van der Waals surface area contributed by atoms with Crippen molar-refractivity contribution in [3.05, 3.63) is 93.3 Å². The molecule has 0 unspecified atom stereocenters. The Balaban J connectivity index is 1.82. The molecule has 0 aliphatic carbocycles. The number of aryl methyl sites for hydroxylation is 1. The fourth-order valence-corrected chi connectivity index (χ4v) is 3.22. The van der Waals surface area contributed by atoms with Gasteiger partial charge in [-0.25, -0.2) is 0 Å². The summed E-state index contributed by atoms with van der Waals surface area (Å²) >= 11 is 0. The Kier molecular flexibility index (Phi) is 4.87. The molecular weight excluding hydrogens is 368 g/mol. The first kappa shape index (κ1) is 18.5. The first-order valence-corrected chi connectivity index (χ1v) is 9.11. The van der Waals surface area contributed by atoms with Crippen molar-refractivity contribution in [1.82, 2.24) is 14.1 Å². The first-order chi connectivity index (χ1) is 14.1. The van der Waals surface area contributed by atoms with Crippen LogP contribution in [0.2, 0.25) is 0 Å². The van der Waals surface area contributed by atoms with Crippen molar-refractivity contribution >= 4 is 22.4 Å². The highest BCUT2D eigenvalue weighted by atomic mass is 16.5. The molecular formula is C22H20N4O3. The van der Waals surface area contributed by atoms with E-state index in [4.69, 9.17) is 4.74 Å². The number of anilines is 2. The zero-order valence-electron chi connectivity index (χ0n) is 16.1. The summed E-state index contributed by atoms with van der Waals surface area (Å²) in [6.45, 7) is 0.499. The molecule has 29 heavy (non-hydrogen) atoms. The van der Waals surface area contributed by atoms with E-state index in [2.05, 4.69) is 10.3 Å². The molecule has 0 bridgehead atoms. The molecule has 146 valence electrons. The first-order valence-electron chi connectivity index (χ1n) is 9.11. The second-order valence-corrected chi connectivity index (χ2v) is 6.68. The zero-order valence-corrected chi connectivity index (χ0v) is 16.1. The van der Waals surface area contributed by atoms with Crippen LogP contribution in [0.5, 0.6) is 5.75 Å². The smallest absolute Gasteiger partial charge is 0.316 e. The van der Waals surface area contributed by atoms with Crippen molar-refractivity contribution in [3.8, 4) is 5.75 Å². The predicted molar refractivity (Wildman–Crippen MR) is 113 cm³/mol. The standard InChI is InChI=1S/C22H20N4O3/c1-25-12-11-16-17(21(25)28)9-6-10-18(16)23-22-24-20(27)19(29-2)14-26(22)13-15-7-4-3-5-8-15/h3-12,14H,13H2,1-2H3,(H,23,24,27). The van der Waals surface area contributed by atoms with Gasteiger partial charge < -0.3 is 19.2 Å². The molecule has 0 aliphatic heterocycles. The maximum absolute atomic E-state index is 12.4. The van der Waals surface area contributed by atoms with Gasteiger partial charge >= 0.3 is 5.56 Å². The molecule has 0 saturated carbocycles. The van der Waals surface area contributed by atoms with Gasteiger partial charge in [-0.3, -0.25) is 9.59 Å². The van der Waals surface area contributed by atoms with Crippen molar-refractivity contribution in [2.24, 2.45) is 7.05 Å². The van der Waals surface area contributed by atoms with E-state index in [-0.39, 0.29) is 11.3 Å². The minimum Gasteiger partial charge on any atom is -0.490 e. The van der Waals surface area contributed by atoms with Crippen LogP contribution in [0.15, 0.2) is 76.6 Å². The van der Waals surface area contributed by atoms with Crippen LogP contribution < -0.4 is 21.2 Å². The number of nitrogens with one attached hydrogen (secondary N) is 1. The van der Waals surface area contributed by atoms with Crippen molar-refractivity contribution in [2.75, 3.05) is 12.4 Å². The number of aromatic nitrogens is 3. The van der Waals surface area contributed by atoms with Gasteiger partial charge in [0.2, 0.25) is 11.7 Å². The van der Waals surface area contributed by atoms with E-state index >= 15 is 0 Å². The molecule has 2 aromatic heterocycles. The third-order valence-electron chi connectivity index (χ3n) is 4.75. The Bertz CT molecular complexity index is 1290. The molecule has 7 nitrogen and oxygen atoms in total. The number of methoxy groups -OCH3 is 1. The predicted octanol–water partition coefficient (Wildman–Crippen LogP) is 2.90. The van der Waals surface area contributed by atoms with Gasteiger partial charge in [-0.1, -0.05) is 36.4 Å². The summed E-state index contributed by atoms with van der Waals surface area (Å²) in [5, 5.41) is 4.57. The highest BCUT2D eigenvalue weighted by Gasteiger charge is 2.12. The zero-order chi connectivity index (χ0) is 20.4. The van der Waals surface area contributed by atoms with Gasteiger partial charge in [0.15, 0.2) is 0 Å². The number of benzene rings is 2. The number of fused-ring (bicyclic) bond motifs is 1. The summed E-state index contributed by atoms with van der Waals surface area (Å²) in [6.07, 6.45) is 3.35. The van der Waals surface area contributed by atoms with Gasteiger partial charge in [-0.2, -0.15) is 4.98 Å². The second kappa shape index (κ2) is 7.63. The number of hydrogen-bond donors (Lipinski definition) is 1. The number of rotatable bonds is 5. The van der Waals surface area contributed by atoms with Crippen LogP contribution in [0.4, 0.5) is 11.6 Å². The van der Waals surface area contributed by atoms with E-state index < -0.39 is 5.56 Å². The summed E-state index contributed by atoms with van der Waals surface area (Å²) in [5.41, 5.74) is 1.19. The average Bonchev–Trinajstić information content (AvgIpc) is 2.73. The Hall–Kier alpha value is -3.87. The number of nitrogens with zero attached hydrogens (tertiary/aromatic N) is 3. The van der Waals surface area contributed by atoms with E-state index in [0.717, 1.165) is 10.9 Å². The molecule has 0 fully saturated rings. The fourth-order valence-electron chi connectivity index (χ4n) is 3.22. The van der Waals surface area contributed by atoms with Crippen molar-refractivity contribution < 1.29 is 4.74 Å². The van der Waals surface area contributed by atoms with E-state index in [1.165, 1.54) is 11.7 Å². The molecule has 0 aliphatic rings. The molecule has 0 radical (unpaired) electrons. The molecule has 2 heterocycles. The van der Waals surface area contributed by atoms with E-state index in [9.17, 15) is 9.59 Å². The molecule has 4 aromatic rings. The lowest BCUT2D eigenvalue weighted by Gasteiger charge is -2.16. The maximum atomic E-state index is 12.4. The number of hydrogen-bond acceptors (Lipinski definition) is 5.